The number of amides is 1. The minimum atomic E-state index is -0.0683. The van der Waals surface area contributed by atoms with Gasteiger partial charge in [0.2, 0.25) is 11.8 Å². The molecule has 0 spiro atoms. The molecule has 1 aromatic rings. The van der Waals surface area contributed by atoms with Crippen molar-refractivity contribution >= 4 is 11.6 Å². The number of pyridine rings is 1. The first-order valence-electron chi connectivity index (χ1n) is 6.27. The molecule has 1 unspecified atom stereocenters. The standard InChI is InChI=1S/C13H21N3O2/c1-4-10(3)14-9-12(17)16-11-6-7-13(15-8-11)18-5-2/h6-8,10,14H,4-5,9H2,1-3H3,(H,16,17). The van der Waals surface area contributed by atoms with E-state index in [1.165, 1.54) is 0 Å². The fraction of sp³-hybridized carbons (Fsp3) is 0.538. The molecule has 1 heterocycles. The van der Waals surface area contributed by atoms with E-state index in [0.717, 1.165) is 6.42 Å². The second kappa shape index (κ2) is 7.66. The maximum atomic E-state index is 11.6. The van der Waals surface area contributed by atoms with Crippen molar-refractivity contribution in [3.8, 4) is 5.88 Å². The van der Waals surface area contributed by atoms with Gasteiger partial charge in [-0.25, -0.2) is 4.98 Å². The van der Waals surface area contributed by atoms with Crippen LogP contribution < -0.4 is 15.4 Å². The van der Waals surface area contributed by atoms with Crippen LogP contribution in [0.1, 0.15) is 27.2 Å². The largest absolute Gasteiger partial charge is 0.478 e. The van der Waals surface area contributed by atoms with Crippen LogP contribution in [-0.2, 0) is 4.79 Å². The zero-order valence-electron chi connectivity index (χ0n) is 11.2. The molecular weight excluding hydrogens is 230 g/mol. The fourth-order valence-corrected chi connectivity index (χ4v) is 1.30. The van der Waals surface area contributed by atoms with Crippen molar-refractivity contribution in [3.05, 3.63) is 18.3 Å². The molecule has 18 heavy (non-hydrogen) atoms. The van der Waals surface area contributed by atoms with E-state index in [0.29, 0.717) is 30.8 Å². The minimum absolute atomic E-state index is 0.0683. The zero-order valence-corrected chi connectivity index (χ0v) is 11.2. The van der Waals surface area contributed by atoms with E-state index in [1.807, 2.05) is 13.8 Å². The minimum Gasteiger partial charge on any atom is -0.478 e. The first-order chi connectivity index (χ1) is 8.65. The molecule has 5 nitrogen and oxygen atoms in total. The molecule has 0 saturated heterocycles. The maximum absolute atomic E-state index is 11.6. The van der Waals surface area contributed by atoms with Gasteiger partial charge >= 0.3 is 0 Å². The van der Waals surface area contributed by atoms with Crippen LogP contribution in [0.5, 0.6) is 5.88 Å². The van der Waals surface area contributed by atoms with Gasteiger partial charge in [0.25, 0.3) is 0 Å². The predicted molar refractivity (Wildman–Crippen MR) is 71.8 cm³/mol. The van der Waals surface area contributed by atoms with E-state index in [2.05, 4.69) is 22.5 Å². The molecule has 0 aliphatic rings. The molecule has 2 N–H and O–H groups in total. The van der Waals surface area contributed by atoms with Gasteiger partial charge in [0.1, 0.15) is 0 Å². The lowest BCUT2D eigenvalue weighted by Gasteiger charge is -2.11. The Bertz CT molecular complexity index is 365. The Morgan fingerprint density at radius 3 is 2.78 bits per heavy atom. The summed E-state index contributed by atoms with van der Waals surface area (Å²) < 4.78 is 5.22. The van der Waals surface area contributed by atoms with Crippen molar-refractivity contribution in [2.75, 3.05) is 18.5 Å². The molecule has 0 bridgehead atoms. The van der Waals surface area contributed by atoms with Gasteiger partial charge in [0.05, 0.1) is 25.0 Å². The molecule has 100 valence electrons. The monoisotopic (exact) mass is 251 g/mol. The predicted octanol–water partition coefficient (Wildman–Crippen LogP) is 1.81. The van der Waals surface area contributed by atoms with Crippen LogP contribution in [-0.4, -0.2) is 30.1 Å². The number of rotatable bonds is 7. The van der Waals surface area contributed by atoms with E-state index in [4.69, 9.17) is 4.74 Å². The highest BCUT2D eigenvalue weighted by Crippen LogP contribution is 2.11. The molecule has 0 fully saturated rings. The summed E-state index contributed by atoms with van der Waals surface area (Å²) in [6, 6.07) is 3.86. The van der Waals surface area contributed by atoms with Crippen molar-refractivity contribution in [2.24, 2.45) is 0 Å². The Morgan fingerprint density at radius 1 is 1.44 bits per heavy atom. The number of aromatic nitrogens is 1. The van der Waals surface area contributed by atoms with Gasteiger partial charge in [-0.1, -0.05) is 6.92 Å². The Morgan fingerprint density at radius 2 is 2.22 bits per heavy atom. The Labute approximate surface area is 108 Å². The second-order valence-electron chi connectivity index (χ2n) is 4.06. The van der Waals surface area contributed by atoms with Gasteiger partial charge in [-0.15, -0.1) is 0 Å². The van der Waals surface area contributed by atoms with Crippen molar-refractivity contribution in [2.45, 2.75) is 33.2 Å². The second-order valence-corrected chi connectivity index (χ2v) is 4.06. The van der Waals surface area contributed by atoms with Crippen LogP contribution in [0.4, 0.5) is 5.69 Å². The average molecular weight is 251 g/mol. The molecule has 0 aliphatic carbocycles. The molecule has 1 amide bonds. The number of carbonyl (C=O) groups is 1. The number of hydrogen-bond donors (Lipinski definition) is 2. The van der Waals surface area contributed by atoms with Gasteiger partial charge in [-0.2, -0.15) is 0 Å². The highest BCUT2D eigenvalue weighted by molar-refractivity contribution is 5.92. The lowest BCUT2D eigenvalue weighted by atomic mass is 10.2. The van der Waals surface area contributed by atoms with E-state index >= 15 is 0 Å². The first kappa shape index (κ1) is 14.4. The van der Waals surface area contributed by atoms with Crippen LogP contribution >= 0.6 is 0 Å². The van der Waals surface area contributed by atoms with Gasteiger partial charge < -0.3 is 15.4 Å². The first-order valence-corrected chi connectivity index (χ1v) is 6.27. The maximum Gasteiger partial charge on any atom is 0.238 e. The summed E-state index contributed by atoms with van der Waals surface area (Å²) in [6.45, 7) is 6.91. The highest BCUT2D eigenvalue weighted by Gasteiger charge is 2.05. The normalized spacial score (nSPS) is 11.9. The van der Waals surface area contributed by atoms with Crippen LogP contribution in [0, 0.1) is 0 Å². The van der Waals surface area contributed by atoms with Crippen LogP contribution in [0.25, 0.3) is 0 Å². The van der Waals surface area contributed by atoms with Crippen LogP contribution in [0.2, 0.25) is 0 Å². The lowest BCUT2D eigenvalue weighted by Crippen LogP contribution is -2.33. The lowest BCUT2D eigenvalue weighted by molar-refractivity contribution is -0.115. The van der Waals surface area contributed by atoms with E-state index < -0.39 is 0 Å². The quantitative estimate of drug-likeness (QED) is 0.775. The summed E-state index contributed by atoms with van der Waals surface area (Å²) in [6.07, 6.45) is 2.59. The molecule has 0 radical (unpaired) electrons. The summed E-state index contributed by atoms with van der Waals surface area (Å²) in [7, 11) is 0. The van der Waals surface area contributed by atoms with Crippen LogP contribution in [0.3, 0.4) is 0 Å². The summed E-state index contributed by atoms with van der Waals surface area (Å²) in [5.74, 6) is 0.495. The van der Waals surface area contributed by atoms with Crippen molar-refractivity contribution in [3.63, 3.8) is 0 Å². The fourth-order valence-electron chi connectivity index (χ4n) is 1.30. The van der Waals surface area contributed by atoms with Gasteiger partial charge in [0, 0.05) is 12.1 Å². The number of hydrogen-bond acceptors (Lipinski definition) is 4. The zero-order chi connectivity index (χ0) is 13.4. The number of nitrogens with zero attached hydrogens (tertiary/aromatic N) is 1. The summed E-state index contributed by atoms with van der Waals surface area (Å²) in [5, 5.41) is 5.90. The highest BCUT2D eigenvalue weighted by atomic mass is 16.5. The number of carbonyl (C=O) groups excluding carboxylic acids is 1. The molecule has 0 aliphatic heterocycles. The summed E-state index contributed by atoms with van der Waals surface area (Å²) >= 11 is 0. The third kappa shape index (κ3) is 5.14. The summed E-state index contributed by atoms with van der Waals surface area (Å²) in [4.78, 5) is 15.7. The SMILES string of the molecule is CCOc1ccc(NC(=O)CNC(C)CC)cn1. The van der Waals surface area contributed by atoms with E-state index in [9.17, 15) is 4.79 Å². The molecular formula is C13H21N3O2. The molecule has 0 saturated carbocycles. The van der Waals surface area contributed by atoms with E-state index in [-0.39, 0.29) is 5.91 Å². The van der Waals surface area contributed by atoms with Gasteiger partial charge in [-0.05, 0) is 26.3 Å². The van der Waals surface area contributed by atoms with Gasteiger partial charge in [-0.3, -0.25) is 4.79 Å². The van der Waals surface area contributed by atoms with Gasteiger partial charge in [0.15, 0.2) is 0 Å². The Kier molecular flexibility index (Phi) is 6.14. The Hall–Kier alpha value is -1.62. The molecule has 1 aromatic heterocycles. The van der Waals surface area contributed by atoms with E-state index in [1.54, 1.807) is 18.3 Å². The molecule has 5 heteroatoms. The Balaban J connectivity index is 2.39. The number of nitrogens with one attached hydrogen (secondary N) is 2. The number of ether oxygens (including phenoxy) is 1. The van der Waals surface area contributed by atoms with Crippen molar-refractivity contribution in [1.29, 1.82) is 0 Å². The molecule has 0 aromatic carbocycles. The van der Waals surface area contributed by atoms with Crippen molar-refractivity contribution in [1.82, 2.24) is 10.3 Å². The van der Waals surface area contributed by atoms with Crippen LogP contribution in [0.15, 0.2) is 18.3 Å². The smallest absolute Gasteiger partial charge is 0.238 e. The topological polar surface area (TPSA) is 63.2 Å². The summed E-state index contributed by atoms with van der Waals surface area (Å²) in [5.41, 5.74) is 0.675. The number of anilines is 1. The molecule has 1 atom stereocenters. The average Bonchev–Trinajstić information content (AvgIpc) is 2.38. The van der Waals surface area contributed by atoms with Crippen molar-refractivity contribution < 1.29 is 9.53 Å². The molecule has 1 rings (SSSR count). The third-order valence-corrected chi connectivity index (χ3v) is 2.54. The third-order valence-electron chi connectivity index (χ3n) is 2.54.